The van der Waals surface area contributed by atoms with Crippen LogP contribution in [0.25, 0.3) is 0 Å². The van der Waals surface area contributed by atoms with Crippen LogP contribution in [0.3, 0.4) is 0 Å². The highest BCUT2D eigenvalue weighted by Gasteiger charge is 2.05. The van der Waals surface area contributed by atoms with E-state index >= 15 is 0 Å². The molecular weight excluding hydrogens is 148 g/mol. The molecule has 0 aromatic heterocycles. The third-order valence-corrected chi connectivity index (χ3v) is 2.77. The van der Waals surface area contributed by atoms with Crippen LogP contribution in [-0.4, -0.2) is 16.7 Å². The highest BCUT2D eigenvalue weighted by Crippen LogP contribution is 2.09. The van der Waals surface area contributed by atoms with Crippen molar-refractivity contribution in [3.05, 3.63) is 0 Å². The molecule has 1 aliphatic heterocycles. The van der Waals surface area contributed by atoms with E-state index in [1.807, 2.05) is 0 Å². The molecule has 5 heteroatoms. The first-order valence-corrected chi connectivity index (χ1v) is 4.67. The quantitative estimate of drug-likeness (QED) is 0.388. The average molecular weight is 154 g/mol. The van der Waals surface area contributed by atoms with Gasteiger partial charge in [0.15, 0.2) is 0 Å². The first kappa shape index (κ1) is 5.94. The fourth-order valence-corrected chi connectivity index (χ4v) is 2.25. The van der Waals surface area contributed by atoms with Gasteiger partial charge in [-0.25, -0.2) is 0 Å². The van der Waals surface area contributed by atoms with Crippen LogP contribution >= 0.6 is 24.5 Å². The molecule has 0 saturated heterocycles. The van der Waals surface area contributed by atoms with E-state index in [2.05, 4.69) is 28.9 Å². The molecule has 0 spiro atoms. The Morgan fingerprint density at radius 2 is 2.43 bits per heavy atom. The Kier molecular flexibility index (Phi) is 2.03. The van der Waals surface area contributed by atoms with E-state index in [-0.39, 0.29) is 9.72 Å². The molecule has 1 atom stereocenters. The molecule has 1 unspecified atom stereocenters. The van der Waals surface area contributed by atoms with Crippen molar-refractivity contribution in [2.24, 2.45) is 4.47 Å². The number of thiol groups is 2. The first-order valence-electron chi connectivity index (χ1n) is 1.87. The lowest BCUT2D eigenvalue weighted by Gasteiger charge is -1.93. The summed E-state index contributed by atoms with van der Waals surface area (Å²) >= 11 is 8.10. The van der Waals surface area contributed by atoms with Gasteiger partial charge in [0.2, 0.25) is 0 Å². The second kappa shape index (κ2) is 2.39. The van der Waals surface area contributed by atoms with Crippen LogP contribution in [0.15, 0.2) is 4.47 Å². The Bertz CT molecular complexity index is 101. The molecule has 0 N–H and O–H groups in total. The molecule has 1 heterocycles. The summed E-state index contributed by atoms with van der Waals surface area (Å²) in [5.41, 5.74) is 0. The molecule has 1 rings (SSSR count). The predicted octanol–water partition coefficient (Wildman–Crippen LogP) is 0.708. The van der Waals surface area contributed by atoms with Crippen LogP contribution in [0, 0.1) is 0 Å². The maximum Gasteiger partial charge on any atom is 0.0428 e. The summed E-state index contributed by atoms with van der Waals surface area (Å²) in [4.78, 5) is 0. The minimum Gasteiger partial charge on any atom is -0.156 e. The first-order chi connectivity index (χ1) is 3.29. The van der Waals surface area contributed by atoms with Crippen LogP contribution < -0.4 is 0 Å². The van der Waals surface area contributed by atoms with Gasteiger partial charge in [0, 0.05) is 12.3 Å². The molecule has 0 fully saturated rings. The fourth-order valence-electron chi connectivity index (χ4n) is 0.354. The van der Waals surface area contributed by atoms with E-state index in [9.17, 15) is 0 Å². The Labute approximate surface area is 55.7 Å². The summed E-state index contributed by atoms with van der Waals surface area (Å²) in [5, 5.41) is 0. The smallest absolute Gasteiger partial charge is 0.0428 e. The van der Waals surface area contributed by atoms with E-state index in [1.165, 1.54) is 0 Å². The lowest BCUT2D eigenvalue weighted by atomic mass is 10.8. The van der Waals surface area contributed by atoms with Gasteiger partial charge in [-0.2, -0.15) is 4.47 Å². The minimum atomic E-state index is -0.0340. The molecule has 0 aromatic carbocycles. The molecule has 0 aromatic rings. The normalized spacial score (nSPS) is 33.1. The second-order valence-corrected chi connectivity index (χ2v) is 4.20. The number of rotatable bonds is 0. The Balaban J connectivity index is 2.50. The van der Waals surface area contributed by atoms with Crippen molar-refractivity contribution in [1.82, 2.24) is 4.41 Å². The minimum absolute atomic E-state index is 0.0340. The van der Waals surface area contributed by atoms with Crippen molar-refractivity contribution in [1.29, 1.82) is 0 Å². The molecular formula is C2H6N2S3. The highest BCUT2D eigenvalue weighted by molar-refractivity contribution is 8.61. The summed E-state index contributed by atoms with van der Waals surface area (Å²) in [6, 6.07) is 0. The number of hydrogen-bond acceptors (Lipinski definition) is 3. The van der Waals surface area contributed by atoms with E-state index in [0.717, 1.165) is 12.3 Å². The van der Waals surface area contributed by atoms with Crippen LogP contribution in [-0.2, 0) is 9.72 Å². The standard InChI is InChI=1S/C2H6N2S3/c5-4-1-2-7(6)3-4/h5H,1-2H2,(H,3,6). The van der Waals surface area contributed by atoms with E-state index in [1.54, 1.807) is 4.41 Å². The van der Waals surface area contributed by atoms with Crippen LogP contribution in [0.5, 0.6) is 0 Å². The number of nitrogens with zero attached hydrogens (tertiary/aromatic N) is 2. The zero-order valence-electron chi connectivity index (χ0n) is 3.61. The van der Waals surface area contributed by atoms with Gasteiger partial charge in [-0.3, -0.25) is 0 Å². The van der Waals surface area contributed by atoms with Crippen LogP contribution in [0.1, 0.15) is 0 Å². The van der Waals surface area contributed by atoms with Gasteiger partial charge in [0.25, 0.3) is 0 Å². The second-order valence-electron chi connectivity index (χ2n) is 1.22. The summed E-state index contributed by atoms with van der Waals surface area (Å²) < 4.78 is 5.61. The van der Waals surface area contributed by atoms with Gasteiger partial charge in [0.1, 0.15) is 0 Å². The molecule has 7 heavy (non-hydrogen) atoms. The van der Waals surface area contributed by atoms with Crippen LogP contribution in [0.2, 0.25) is 0 Å². The molecule has 0 radical (unpaired) electrons. The maximum absolute atomic E-state index is 4.12. The van der Waals surface area contributed by atoms with Crippen LogP contribution in [0.4, 0.5) is 0 Å². The molecule has 0 amide bonds. The van der Waals surface area contributed by atoms with Gasteiger partial charge in [0.05, 0.1) is 0 Å². The lowest BCUT2D eigenvalue weighted by molar-refractivity contribution is 0.574. The van der Waals surface area contributed by atoms with Gasteiger partial charge in [-0.05, 0) is 9.72 Å². The fraction of sp³-hybridized carbons (Fsp3) is 1.00. The van der Waals surface area contributed by atoms with Crippen molar-refractivity contribution in [2.75, 3.05) is 12.3 Å². The van der Waals surface area contributed by atoms with Gasteiger partial charge >= 0.3 is 0 Å². The molecule has 1 aliphatic rings. The number of hydrogen-bond donors (Lipinski definition) is 2. The van der Waals surface area contributed by atoms with Crippen molar-refractivity contribution >= 4 is 34.2 Å². The van der Waals surface area contributed by atoms with E-state index in [4.69, 9.17) is 0 Å². The molecule has 0 aliphatic carbocycles. The van der Waals surface area contributed by atoms with Crippen molar-refractivity contribution in [3.8, 4) is 0 Å². The van der Waals surface area contributed by atoms with Gasteiger partial charge < -0.3 is 0 Å². The van der Waals surface area contributed by atoms with E-state index in [0.29, 0.717) is 0 Å². The van der Waals surface area contributed by atoms with Crippen molar-refractivity contribution in [2.45, 2.75) is 0 Å². The third kappa shape index (κ3) is 1.64. The Morgan fingerprint density at radius 1 is 1.71 bits per heavy atom. The zero-order chi connectivity index (χ0) is 5.28. The van der Waals surface area contributed by atoms with E-state index < -0.39 is 0 Å². The SMILES string of the molecule is SN1CCS(S)=N1. The van der Waals surface area contributed by atoms with Gasteiger partial charge in [-0.15, -0.1) is 4.41 Å². The summed E-state index contributed by atoms with van der Waals surface area (Å²) in [7, 11) is -0.0340. The molecule has 0 bridgehead atoms. The highest BCUT2D eigenvalue weighted by atomic mass is 33.1. The summed E-state index contributed by atoms with van der Waals surface area (Å²) in [5.74, 6) is 1.05. The molecule has 42 valence electrons. The van der Waals surface area contributed by atoms with Crippen molar-refractivity contribution in [3.63, 3.8) is 0 Å². The predicted molar refractivity (Wildman–Crippen MR) is 39.3 cm³/mol. The van der Waals surface area contributed by atoms with Gasteiger partial charge in [-0.1, -0.05) is 24.5 Å². The maximum atomic E-state index is 4.12. The third-order valence-electron chi connectivity index (χ3n) is 0.662. The monoisotopic (exact) mass is 154 g/mol. The largest absolute Gasteiger partial charge is 0.156 e. The molecule has 0 saturated carbocycles. The average Bonchev–Trinajstić information content (AvgIpc) is 1.87. The Hall–Kier alpha value is 0.810. The Morgan fingerprint density at radius 3 is 2.57 bits per heavy atom. The topological polar surface area (TPSA) is 15.6 Å². The summed E-state index contributed by atoms with van der Waals surface area (Å²) in [6.07, 6.45) is 0. The lowest BCUT2D eigenvalue weighted by Crippen LogP contribution is -1.99. The summed E-state index contributed by atoms with van der Waals surface area (Å²) in [6.45, 7) is 0.940. The zero-order valence-corrected chi connectivity index (χ0v) is 6.22. The molecule has 2 nitrogen and oxygen atoms in total. The van der Waals surface area contributed by atoms with Crippen molar-refractivity contribution < 1.29 is 0 Å².